The molecule has 0 aliphatic carbocycles. The van der Waals surface area contributed by atoms with Crippen molar-refractivity contribution >= 4 is 17.5 Å². The molecule has 0 aliphatic rings. The minimum Gasteiger partial charge on any atom is -0.347 e. The molecule has 1 aromatic carbocycles. The van der Waals surface area contributed by atoms with E-state index in [0.29, 0.717) is 5.92 Å². The van der Waals surface area contributed by atoms with Crippen LogP contribution >= 0.6 is 0 Å². The lowest BCUT2D eigenvalue weighted by Crippen LogP contribution is -3.11. The highest BCUT2D eigenvalue weighted by Gasteiger charge is 2.18. The van der Waals surface area contributed by atoms with Crippen molar-refractivity contribution in [1.29, 1.82) is 0 Å². The highest BCUT2D eigenvalue weighted by Crippen LogP contribution is 2.16. The van der Waals surface area contributed by atoms with E-state index < -0.39 is 0 Å². The fraction of sp³-hybridized carbons (Fsp3) is 0.556. The molecule has 0 saturated heterocycles. The SMILES string of the molecule is CC(C)c1ccc(NC(=O)C[NH+](C)CC(=O)NC(C)(C)C)cc1. The van der Waals surface area contributed by atoms with Crippen molar-refractivity contribution in [3.05, 3.63) is 29.8 Å². The lowest BCUT2D eigenvalue weighted by molar-refractivity contribution is -0.862. The lowest BCUT2D eigenvalue weighted by Gasteiger charge is -2.21. The van der Waals surface area contributed by atoms with E-state index in [1.807, 2.05) is 52.1 Å². The van der Waals surface area contributed by atoms with Gasteiger partial charge in [0.2, 0.25) is 0 Å². The molecule has 0 aliphatic heterocycles. The Kier molecular flexibility index (Phi) is 6.76. The Balaban J connectivity index is 2.45. The van der Waals surface area contributed by atoms with Gasteiger partial charge in [-0.15, -0.1) is 0 Å². The molecule has 5 nitrogen and oxygen atoms in total. The number of hydrogen-bond donors (Lipinski definition) is 3. The van der Waals surface area contributed by atoms with E-state index in [1.165, 1.54) is 5.56 Å². The van der Waals surface area contributed by atoms with Crippen LogP contribution in [0.2, 0.25) is 0 Å². The molecular formula is C18H30N3O2+. The number of benzene rings is 1. The summed E-state index contributed by atoms with van der Waals surface area (Å²) in [5, 5.41) is 5.77. The first kappa shape index (κ1) is 19.2. The number of rotatable bonds is 6. The maximum absolute atomic E-state index is 12.0. The number of carbonyl (C=O) groups excluding carboxylic acids is 2. The van der Waals surface area contributed by atoms with Gasteiger partial charge >= 0.3 is 0 Å². The summed E-state index contributed by atoms with van der Waals surface area (Å²) in [5.74, 6) is 0.323. The van der Waals surface area contributed by atoms with Crippen LogP contribution in [0.4, 0.5) is 5.69 Å². The zero-order chi connectivity index (χ0) is 17.6. The predicted molar refractivity (Wildman–Crippen MR) is 93.7 cm³/mol. The van der Waals surface area contributed by atoms with Crippen LogP contribution in [0.5, 0.6) is 0 Å². The monoisotopic (exact) mass is 320 g/mol. The molecule has 2 amide bonds. The number of amides is 2. The molecule has 0 saturated carbocycles. The number of carbonyl (C=O) groups is 2. The van der Waals surface area contributed by atoms with Crippen molar-refractivity contribution < 1.29 is 14.5 Å². The summed E-state index contributed by atoms with van der Waals surface area (Å²) < 4.78 is 0. The second-order valence-corrected chi connectivity index (χ2v) is 7.43. The van der Waals surface area contributed by atoms with Gasteiger partial charge in [-0.25, -0.2) is 0 Å². The fourth-order valence-corrected chi connectivity index (χ4v) is 2.23. The summed E-state index contributed by atoms with van der Waals surface area (Å²) in [4.78, 5) is 24.7. The summed E-state index contributed by atoms with van der Waals surface area (Å²) >= 11 is 0. The van der Waals surface area contributed by atoms with Crippen LogP contribution in [0.15, 0.2) is 24.3 Å². The van der Waals surface area contributed by atoms with Gasteiger partial charge in [-0.1, -0.05) is 26.0 Å². The van der Waals surface area contributed by atoms with Gasteiger partial charge in [0.15, 0.2) is 13.1 Å². The Labute approximate surface area is 139 Å². The minimum atomic E-state index is -0.252. The third-order valence-corrected chi connectivity index (χ3v) is 3.30. The molecular weight excluding hydrogens is 290 g/mol. The summed E-state index contributed by atoms with van der Waals surface area (Å²) in [6.45, 7) is 10.6. The molecule has 3 N–H and O–H groups in total. The van der Waals surface area contributed by atoms with Gasteiger partial charge in [0, 0.05) is 11.2 Å². The second-order valence-electron chi connectivity index (χ2n) is 7.43. The molecule has 0 heterocycles. The molecule has 1 unspecified atom stereocenters. The third-order valence-electron chi connectivity index (χ3n) is 3.30. The van der Waals surface area contributed by atoms with E-state index in [0.717, 1.165) is 10.6 Å². The number of anilines is 1. The van der Waals surface area contributed by atoms with Gasteiger partial charge < -0.3 is 15.5 Å². The van der Waals surface area contributed by atoms with Crippen LogP contribution in [-0.4, -0.2) is 37.5 Å². The van der Waals surface area contributed by atoms with Gasteiger partial charge in [-0.2, -0.15) is 0 Å². The number of quaternary nitrogens is 1. The Bertz CT molecular complexity index is 530. The first-order chi connectivity index (χ1) is 10.6. The topological polar surface area (TPSA) is 62.6 Å². The first-order valence-corrected chi connectivity index (χ1v) is 8.09. The zero-order valence-electron chi connectivity index (χ0n) is 15.1. The Morgan fingerprint density at radius 1 is 1.04 bits per heavy atom. The van der Waals surface area contributed by atoms with E-state index in [-0.39, 0.29) is 30.4 Å². The molecule has 1 aromatic rings. The highest BCUT2D eigenvalue weighted by molar-refractivity contribution is 5.91. The van der Waals surface area contributed by atoms with Crippen molar-refractivity contribution in [3.63, 3.8) is 0 Å². The maximum Gasteiger partial charge on any atom is 0.279 e. The predicted octanol–water partition coefficient (Wildman–Crippen LogP) is 1.18. The Morgan fingerprint density at radius 3 is 2.04 bits per heavy atom. The highest BCUT2D eigenvalue weighted by atomic mass is 16.2. The molecule has 5 heteroatoms. The third kappa shape index (κ3) is 7.79. The molecule has 1 rings (SSSR count). The molecule has 0 bridgehead atoms. The van der Waals surface area contributed by atoms with Crippen LogP contribution in [0.1, 0.15) is 46.1 Å². The normalized spacial score (nSPS) is 12.8. The van der Waals surface area contributed by atoms with Crippen LogP contribution in [0, 0.1) is 0 Å². The zero-order valence-corrected chi connectivity index (χ0v) is 15.1. The summed E-state index contributed by atoms with van der Waals surface area (Å²) in [6.07, 6.45) is 0. The molecule has 23 heavy (non-hydrogen) atoms. The maximum atomic E-state index is 12.0. The van der Waals surface area contributed by atoms with Crippen molar-refractivity contribution in [1.82, 2.24) is 5.32 Å². The Morgan fingerprint density at radius 2 is 1.57 bits per heavy atom. The van der Waals surface area contributed by atoms with E-state index in [4.69, 9.17) is 0 Å². The largest absolute Gasteiger partial charge is 0.347 e. The molecule has 0 fully saturated rings. The summed E-state index contributed by atoms with van der Waals surface area (Å²) in [7, 11) is 1.84. The van der Waals surface area contributed by atoms with Gasteiger partial charge in [0.25, 0.3) is 11.8 Å². The number of nitrogens with one attached hydrogen (secondary N) is 3. The number of hydrogen-bond acceptors (Lipinski definition) is 2. The average Bonchev–Trinajstić information content (AvgIpc) is 2.36. The van der Waals surface area contributed by atoms with Gasteiger partial charge in [-0.3, -0.25) is 9.59 Å². The lowest BCUT2D eigenvalue weighted by atomic mass is 10.0. The Hall–Kier alpha value is -1.88. The smallest absolute Gasteiger partial charge is 0.279 e. The van der Waals surface area contributed by atoms with Crippen molar-refractivity contribution in [2.75, 3.05) is 25.5 Å². The van der Waals surface area contributed by atoms with Crippen molar-refractivity contribution in [2.45, 2.75) is 46.1 Å². The summed E-state index contributed by atoms with van der Waals surface area (Å²) in [6, 6.07) is 7.87. The van der Waals surface area contributed by atoms with Gasteiger partial charge in [-0.05, 0) is 44.4 Å². The van der Waals surface area contributed by atoms with E-state index in [1.54, 1.807) is 0 Å². The molecule has 0 radical (unpaired) electrons. The van der Waals surface area contributed by atoms with E-state index >= 15 is 0 Å². The summed E-state index contributed by atoms with van der Waals surface area (Å²) in [5.41, 5.74) is 1.77. The first-order valence-electron chi connectivity index (χ1n) is 8.09. The van der Waals surface area contributed by atoms with Gasteiger partial charge in [0.1, 0.15) is 0 Å². The molecule has 128 valence electrons. The second kappa shape index (κ2) is 8.11. The molecule has 0 spiro atoms. The molecule has 1 atom stereocenters. The molecule has 0 aromatic heterocycles. The van der Waals surface area contributed by atoms with Crippen molar-refractivity contribution in [2.24, 2.45) is 0 Å². The van der Waals surface area contributed by atoms with Gasteiger partial charge in [0.05, 0.1) is 7.05 Å². The van der Waals surface area contributed by atoms with E-state index in [2.05, 4.69) is 24.5 Å². The quantitative estimate of drug-likeness (QED) is 0.737. The van der Waals surface area contributed by atoms with Crippen molar-refractivity contribution in [3.8, 4) is 0 Å². The van der Waals surface area contributed by atoms with Crippen LogP contribution in [0.3, 0.4) is 0 Å². The van der Waals surface area contributed by atoms with Crippen LogP contribution < -0.4 is 15.5 Å². The minimum absolute atomic E-state index is 0.0518. The van der Waals surface area contributed by atoms with Crippen LogP contribution in [0.25, 0.3) is 0 Å². The standard InChI is InChI=1S/C18H29N3O2/c1-13(2)14-7-9-15(10-8-14)19-16(22)11-21(6)12-17(23)20-18(3,4)5/h7-10,13H,11-12H2,1-6H3,(H,19,22)(H,20,23)/p+1. The number of likely N-dealkylation sites (N-methyl/N-ethyl adjacent to an activating group) is 1. The van der Waals surface area contributed by atoms with Crippen LogP contribution in [-0.2, 0) is 9.59 Å². The van der Waals surface area contributed by atoms with E-state index in [9.17, 15) is 9.59 Å². The fourth-order valence-electron chi connectivity index (χ4n) is 2.23. The average molecular weight is 320 g/mol.